The molecule has 2 N–H and O–H groups in total. The fraction of sp³-hybridized carbons (Fsp3) is 0.238. The molecule has 4 amide bonds. The number of carbonyl (C=O) groups is 4. The topological polar surface area (TPSA) is 95.6 Å². The SMILES string of the molecule is O=C(CNC(=O)c1ccc(C(F)(F)F)cc1)Nc1ccc(CN2C(=O)CCC2=O)cc1. The molecule has 0 radical (unpaired) electrons. The Hall–Kier alpha value is -3.69. The van der Waals surface area contributed by atoms with Crippen molar-refractivity contribution in [3.05, 3.63) is 65.2 Å². The van der Waals surface area contributed by atoms with E-state index in [1.165, 1.54) is 4.90 Å². The zero-order valence-corrected chi connectivity index (χ0v) is 16.2. The molecule has 10 heteroatoms. The van der Waals surface area contributed by atoms with Gasteiger partial charge in [0, 0.05) is 24.1 Å². The first-order valence-electron chi connectivity index (χ1n) is 9.31. The summed E-state index contributed by atoms with van der Waals surface area (Å²) in [6.07, 6.45) is -4.07. The molecule has 1 heterocycles. The van der Waals surface area contributed by atoms with Gasteiger partial charge in [0.1, 0.15) is 0 Å². The predicted octanol–water partition coefficient (Wildman–Crippen LogP) is 2.72. The number of carbonyl (C=O) groups excluding carboxylic acids is 4. The summed E-state index contributed by atoms with van der Waals surface area (Å²) < 4.78 is 37.7. The minimum atomic E-state index is -4.50. The summed E-state index contributed by atoms with van der Waals surface area (Å²) >= 11 is 0. The molecule has 1 aliphatic heterocycles. The maximum Gasteiger partial charge on any atom is 0.416 e. The highest BCUT2D eigenvalue weighted by atomic mass is 19.4. The summed E-state index contributed by atoms with van der Waals surface area (Å²) in [6.45, 7) is -0.215. The quantitative estimate of drug-likeness (QED) is 0.685. The van der Waals surface area contributed by atoms with Crippen LogP contribution in [0.2, 0.25) is 0 Å². The van der Waals surface area contributed by atoms with Gasteiger partial charge in [-0.3, -0.25) is 24.1 Å². The number of amides is 4. The van der Waals surface area contributed by atoms with E-state index in [1.807, 2.05) is 0 Å². The molecule has 0 spiro atoms. The summed E-state index contributed by atoms with van der Waals surface area (Å²) in [4.78, 5) is 48.5. The predicted molar refractivity (Wildman–Crippen MR) is 104 cm³/mol. The lowest BCUT2D eigenvalue weighted by Crippen LogP contribution is -2.32. The number of anilines is 1. The molecule has 31 heavy (non-hydrogen) atoms. The number of hydrogen-bond acceptors (Lipinski definition) is 4. The van der Waals surface area contributed by atoms with Gasteiger partial charge in [0.2, 0.25) is 17.7 Å². The highest BCUT2D eigenvalue weighted by Crippen LogP contribution is 2.29. The van der Waals surface area contributed by atoms with Crippen LogP contribution in [0.25, 0.3) is 0 Å². The van der Waals surface area contributed by atoms with E-state index in [0.29, 0.717) is 5.69 Å². The summed E-state index contributed by atoms with van der Waals surface area (Å²) in [7, 11) is 0. The zero-order chi connectivity index (χ0) is 22.6. The molecule has 0 bridgehead atoms. The van der Waals surface area contributed by atoms with Gasteiger partial charge < -0.3 is 10.6 Å². The van der Waals surface area contributed by atoms with E-state index in [-0.39, 0.29) is 43.3 Å². The highest BCUT2D eigenvalue weighted by molar-refractivity contribution is 6.02. The monoisotopic (exact) mass is 433 g/mol. The third kappa shape index (κ3) is 5.68. The Kier molecular flexibility index (Phi) is 6.38. The lowest BCUT2D eigenvalue weighted by Gasteiger charge is -2.14. The molecule has 0 aromatic heterocycles. The molecular weight excluding hydrogens is 415 g/mol. The number of hydrogen-bond donors (Lipinski definition) is 2. The van der Waals surface area contributed by atoms with Gasteiger partial charge in [-0.2, -0.15) is 13.2 Å². The average Bonchev–Trinajstić information content (AvgIpc) is 3.05. The van der Waals surface area contributed by atoms with Crippen molar-refractivity contribution in [3.8, 4) is 0 Å². The molecule has 7 nitrogen and oxygen atoms in total. The normalized spacial score (nSPS) is 14.0. The van der Waals surface area contributed by atoms with Crippen LogP contribution in [0.5, 0.6) is 0 Å². The number of benzene rings is 2. The van der Waals surface area contributed by atoms with Gasteiger partial charge in [-0.15, -0.1) is 0 Å². The van der Waals surface area contributed by atoms with Gasteiger partial charge in [-0.05, 0) is 42.0 Å². The van der Waals surface area contributed by atoms with Crippen molar-refractivity contribution in [2.45, 2.75) is 25.6 Å². The van der Waals surface area contributed by atoms with E-state index < -0.39 is 23.6 Å². The van der Waals surface area contributed by atoms with Crippen LogP contribution >= 0.6 is 0 Å². The third-order valence-corrected chi connectivity index (χ3v) is 4.62. The number of alkyl halides is 3. The minimum absolute atomic E-state index is 0.00356. The first-order valence-corrected chi connectivity index (χ1v) is 9.31. The van der Waals surface area contributed by atoms with Crippen molar-refractivity contribution in [2.24, 2.45) is 0 Å². The van der Waals surface area contributed by atoms with E-state index in [4.69, 9.17) is 0 Å². The van der Waals surface area contributed by atoms with Crippen LogP contribution in [0.3, 0.4) is 0 Å². The van der Waals surface area contributed by atoms with Gasteiger partial charge >= 0.3 is 6.18 Å². The van der Waals surface area contributed by atoms with Crippen molar-refractivity contribution >= 4 is 29.3 Å². The molecule has 1 aliphatic rings. The highest BCUT2D eigenvalue weighted by Gasteiger charge is 2.30. The van der Waals surface area contributed by atoms with Crippen LogP contribution in [-0.2, 0) is 27.1 Å². The van der Waals surface area contributed by atoms with Crippen molar-refractivity contribution in [3.63, 3.8) is 0 Å². The van der Waals surface area contributed by atoms with Crippen LogP contribution in [0.1, 0.15) is 34.3 Å². The minimum Gasteiger partial charge on any atom is -0.343 e. The van der Waals surface area contributed by atoms with E-state index in [0.717, 1.165) is 29.8 Å². The summed E-state index contributed by atoms with van der Waals surface area (Å²) in [5.74, 6) is -1.64. The second kappa shape index (κ2) is 8.99. The molecule has 0 unspecified atom stereocenters. The number of nitrogens with zero attached hydrogens (tertiary/aromatic N) is 1. The Morgan fingerprint density at radius 1 is 0.903 bits per heavy atom. The molecule has 3 rings (SSSR count). The maximum absolute atomic E-state index is 12.6. The number of halogens is 3. The summed E-state index contributed by atoms with van der Waals surface area (Å²) in [5.41, 5.74) is 0.286. The van der Waals surface area contributed by atoms with Gasteiger partial charge in [0.05, 0.1) is 18.7 Å². The molecule has 0 saturated carbocycles. The van der Waals surface area contributed by atoms with Crippen molar-refractivity contribution < 1.29 is 32.3 Å². The molecule has 2 aromatic rings. The molecule has 1 saturated heterocycles. The zero-order valence-electron chi connectivity index (χ0n) is 16.2. The molecule has 2 aromatic carbocycles. The van der Waals surface area contributed by atoms with E-state index in [1.54, 1.807) is 24.3 Å². The summed E-state index contributed by atoms with van der Waals surface area (Å²) in [6, 6.07) is 10.2. The Bertz CT molecular complexity index is 986. The first-order chi connectivity index (χ1) is 14.6. The largest absolute Gasteiger partial charge is 0.416 e. The second-order valence-corrected chi connectivity index (χ2v) is 6.88. The van der Waals surface area contributed by atoms with Crippen LogP contribution in [0.4, 0.5) is 18.9 Å². The maximum atomic E-state index is 12.6. The van der Waals surface area contributed by atoms with E-state index in [9.17, 15) is 32.3 Å². The van der Waals surface area contributed by atoms with E-state index in [2.05, 4.69) is 10.6 Å². The lowest BCUT2D eigenvalue weighted by atomic mass is 10.1. The van der Waals surface area contributed by atoms with Gasteiger partial charge in [0.15, 0.2) is 0 Å². The third-order valence-electron chi connectivity index (χ3n) is 4.62. The molecule has 0 aliphatic carbocycles. The summed E-state index contributed by atoms with van der Waals surface area (Å²) in [5, 5.41) is 4.90. The van der Waals surface area contributed by atoms with Crippen molar-refractivity contribution in [1.82, 2.24) is 10.2 Å². The molecule has 1 fully saturated rings. The fourth-order valence-electron chi connectivity index (χ4n) is 2.95. The van der Waals surface area contributed by atoms with Crippen LogP contribution < -0.4 is 10.6 Å². The number of nitrogens with one attached hydrogen (secondary N) is 2. The Morgan fingerprint density at radius 3 is 2.03 bits per heavy atom. The Morgan fingerprint density at radius 2 is 1.48 bits per heavy atom. The lowest BCUT2D eigenvalue weighted by molar-refractivity contribution is -0.139. The Labute approximate surface area is 175 Å². The first kappa shape index (κ1) is 22.0. The van der Waals surface area contributed by atoms with Crippen molar-refractivity contribution in [1.29, 1.82) is 0 Å². The molecule has 0 atom stereocenters. The van der Waals surface area contributed by atoms with Gasteiger partial charge in [0.25, 0.3) is 5.91 Å². The standard InChI is InChI=1S/C21H18F3N3O4/c22-21(23,24)15-5-3-14(4-6-15)20(31)25-11-17(28)26-16-7-1-13(2-8-16)12-27-18(29)9-10-19(27)30/h1-8H,9-12H2,(H,25,31)(H,26,28). The number of rotatable bonds is 6. The number of imide groups is 1. The smallest absolute Gasteiger partial charge is 0.343 e. The van der Waals surface area contributed by atoms with Crippen LogP contribution in [-0.4, -0.2) is 35.1 Å². The van der Waals surface area contributed by atoms with Crippen molar-refractivity contribution in [2.75, 3.05) is 11.9 Å². The average molecular weight is 433 g/mol. The molecular formula is C21H18F3N3O4. The van der Waals surface area contributed by atoms with Gasteiger partial charge in [-0.1, -0.05) is 12.1 Å². The van der Waals surface area contributed by atoms with E-state index >= 15 is 0 Å². The second-order valence-electron chi connectivity index (χ2n) is 6.88. The Balaban J connectivity index is 1.48. The molecule has 162 valence electrons. The van der Waals surface area contributed by atoms with Crippen LogP contribution in [0, 0.1) is 0 Å². The fourth-order valence-corrected chi connectivity index (χ4v) is 2.95. The van der Waals surface area contributed by atoms with Gasteiger partial charge in [-0.25, -0.2) is 0 Å². The number of likely N-dealkylation sites (tertiary alicyclic amines) is 1. The van der Waals surface area contributed by atoms with Crippen LogP contribution in [0.15, 0.2) is 48.5 Å².